The van der Waals surface area contributed by atoms with Gasteiger partial charge < -0.3 is 5.73 Å². The minimum atomic E-state index is -0.545. The predicted octanol–water partition coefficient (Wildman–Crippen LogP) is -0.381. The highest BCUT2D eigenvalue weighted by atomic mass is 35.5. The lowest BCUT2D eigenvalue weighted by atomic mass is 10.4. The molecule has 1 unspecified atom stereocenters. The van der Waals surface area contributed by atoms with Crippen LogP contribution in [0.1, 0.15) is 6.92 Å². The zero-order chi connectivity index (χ0) is 7.72. The zero-order valence-electron chi connectivity index (χ0n) is 5.93. The fourth-order valence-electron chi connectivity index (χ4n) is 0.846. The molecule has 0 aromatic carbocycles. The Morgan fingerprint density at radius 1 is 1.91 bits per heavy atom. The smallest absolute Gasteiger partial charge is 0.255 e. The molecule has 1 aliphatic rings. The standard InChI is InChI=1S/C4H8N4O2.ClH/c1-3-2-6-4(5)7(3)8(9)10;/h3H,2H2,1H3,(H2,5,6);1H. The largest absolute Gasteiger partial charge is 0.365 e. The molecule has 11 heavy (non-hydrogen) atoms. The maximum absolute atomic E-state index is 10.2. The van der Waals surface area contributed by atoms with Crippen LogP contribution < -0.4 is 5.73 Å². The van der Waals surface area contributed by atoms with Crippen LogP contribution in [0.25, 0.3) is 0 Å². The molecule has 0 radical (unpaired) electrons. The van der Waals surface area contributed by atoms with Gasteiger partial charge >= 0.3 is 0 Å². The monoisotopic (exact) mass is 180 g/mol. The first-order chi connectivity index (χ1) is 4.63. The predicted molar refractivity (Wildman–Crippen MR) is 42.0 cm³/mol. The molecule has 0 bridgehead atoms. The summed E-state index contributed by atoms with van der Waals surface area (Å²) < 4.78 is 0. The van der Waals surface area contributed by atoms with E-state index in [4.69, 9.17) is 5.73 Å². The molecular weight excluding hydrogens is 172 g/mol. The first kappa shape index (κ1) is 9.96. The Labute approximate surface area is 69.6 Å². The van der Waals surface area contributed by atoms with Crippen LogP contribution in [0.3, 0.4) is 0 Å². The van der Waals surface area contributed by atoms with E-state index in [0.29, 0.717) is 6.54 Å². The zero-order valence-corrected chi connectivity index (χ0v) is 6.74. The lowest BCUT2D eigenvalue weighted by Gasteiger charge is -2.10. The second-order valence-corrected chi connectivity index (χ2v) is 2.13. The molecule has 0 saturated heterocycles. The fourth-order valence-corrected chi connectivity index (χ4v) is 0.846. The van der Waals surface area contributed by atoms with Crippen molar-refractivity contribution in [2.45, 2.75) is 13.0 Å². The van der Waals surface area contributed by atoms with Gasteiger partial charge in [0.15, 0.2) is 5.03 Å². The van der Waals surface area contributed by atoms with E-state index in [-0.39, 0.29) is 24.4 Å². The summed E-state index contributed by atoms with van der Waals surface area (Å²) in [6, 6.07) is -0.213. The van der Waals surface area contributed by atoms with E-state index < -0.39 is 5.03 Å². The van der Waals surface area contributed by atoms with Crippen molar-refractivity contribution in [3.05, 3.63) is 10.1 Å². The third-order valence-corrected chi connectivity index (χ3v) is 1.35. The van der Waals surface area contributed by atoms with E-state index in [1.807, 2.05) is 0 Å². The molecule has 64 valence electrons. The van der Waals surface area contributed by atoms with Crippen molar-refractivity contribution in [3.63, 3.8) is 0 Å². The molecule has 0 spiro atoms. The molecule has 1 aliphatic heterocycles. The van der Waals surface area contributed by atoms with Gasteiger partial charge in [-0.05, 0) is 6.92 Å². The Bertz CT molecular complexity index is 195. The van der Waals surface area contributed by atoms with Gasteiger partial charge in [0.25, 0.3) is 5.96 Å². The van der Waals surface area contributed by atoms with E-state index in [1.54, 1.807) is 6.92 Å². The Morgan fingerprint density at radius 2 is 2.45 bits per heavy atom. The summed E-state index contributed by atoms with van der Waals surface area (Å²) >= 11 is 0. The van der Waals surface area contributed by atoms with Crippen molar-refractivity contribution in [1.82, 2.24) is 5.01 Å². The summed E-state index contributed by atoms with van der Waals surface area (Å²) in [7, 11) is 0. The van der Waals surface area contributed by atoms with Gasteiger partial charge in [-0.3, -0.25) is 0 Å². The third-order valence-electron chi connectivity index (χ3n) is 1.35. The summed E-state index contributed by atoms with van der Waals surface area (Å²) in [5, 5.41) is 10.5. The van der Waals surface area contributed by atoms with Gasteiger partial charge in [0.1, 0.15) is 6.04 Å². The molecule has 7 heteroatoms. The Kier molecular flexibility index (Phi) is 3.06. The molecule has 1 atom stereocenters. The van der Waals surface area contributed by atoms with Crippen molar-refractivity contribution in [2.75, 3.05) is 6.54 Å². The van der Waals surface area contributed by atoms with Crippen LogP contribution in [0.5, 0.6) is 0 Å². The Balaban J connectivity index is 0.000001000. The molecule has 0 amide bonds. The fraction of sp³-hybridized carbons (Fsp3) is 0.750. The minimum Gasteiger partial charge on any atom is -0.365 e. The average molecular weight is 181 g/mol. The first-order valence-corrected chi connectivity index (χ1v) is 2.86. The lowest BCUT2D eigenvalue weighted by molar-refractivity contribution is -0.634. The summed E-state index contributed by atoms with van der Waals surface area (Å²) in [4.78, 5) is 13.9. The van der Waals surface area contributed by atoms with Gasteiger partial charge in [-0.25, -0.2) is 15.1 Å². The number of nitro groups is 1. The quantitative estimate of drug-likeness (QED) is 0.440. The number of hydrogen-bond acceptors (Lipinski definition) is 4. The number of hydrazine groups is 1. The second-order valence-electron chi connectivity index (χ2n) is 2.13. The van der Waals surface area contributed by atoms with Crippen molar-refractivity contribution in [3.8, 4) is 0 Å². The number of guanidine groups is 1. The molecule has 1 heterocycles. The van der Waals surface area contributed by atoms with E-state index in [1.165, 1.54) is 0 Å². The molecule has 0 saturated carbocycles. The maximum Gasteiger partial charge on any atom is 0.255 e. The van der Waals surface area contributed by atoms with Crippen LogP contribution in [0.4, 0.5) is 0 Å². The highest BCUT2D eigenvalue weighted by molar-refractivity contribution is 5.85. The van der Waals surface area contributed by atoms with Crippen LogP contribution in [0.2, 0.25) is 0 Å². The number of halogens is 1. The highest BCUT2D eigenvalue weighted by Gasteiger charge is 2.31. The van der Waals surface area contributed by atoms with Crippen molar-refractivity contribution in [1.29, 1.82) is 0 Å². The number of nitrogens with zero attached hydrogens (tertiary/aromatic N) is 3. The molecular formula is C4H9ClN4O2. The normalized spacial score (nSPS) is 22.5. The van der Waals surface area contributed by atoms with E-state index >= 15 is 0 Å². The molecule has 2 N–H and O–H groups in total. The molecule has 0 fully saturated rings. The third kappa shape index (κ3) is 1.70. The number of aliphatic imine (C=N–C) groups is 1. The molecule has 1 rings (SSSR count). The average Bonchev–Trinajstić information content (AvgIpc) is 2.11. The van der Waals surface area contributed by atoms with E-state index in [9.17, 15) is 10.1 Å². The van der Waals surface area contributed by atoms with Crippen LogP contribution >= 0.6 is 12.4 Å². The molecule has 0 aromatic heterocycles. The van der Waals surface area contributed by atoms with Crippen LogP contribution in [0.15, 0.2) is 4.99 Å². The highest BCUT2D eigenvalue weighted by Crippen LogP contribution is 2.05. The van der Waals surface area contributed by atoms with Gasteiger partial charge in [-0.1, -0.05) is 5.01 Å². The van der Waals surface area contributed by atoms with E-state index in [0.717, 1.165) is 5.01 Å². The van der Waals surface area contributed by atoms with E-state index in [2.05, 4.69) is 4.99 Å². The summed E-state index contributed by atoms with van der Waals surface area (Å²) in [6.07, 6.45) is 0. The van der Waals surface area contributed by atoms with Gasteiger partial charge in [0.2, 0.25) is 0 Å². The van der Waals surface area contributed by atoms with Crippen LogP contribution in [0, 0.1) is 10.1 Å². The first-order valence-electron chi connectivity index (χ1n) is 2.86. The molecule has 6 nitrogen and oxygen atoms in total. The Morgan fingerprint density at radius 3 is 2.64 bits per heavy atom. The van der Waals surface area contributed by atoms with Gasteiger partial charge in [0, 0.05) is 0 Å². The van der Waals surface area contributed by atoms with Crippen molar-refractivity contribution < 1.29 is 5.03 Å². The van der Waals surface area contributed by atoms with Crippen molar-refractivity contribution in [2.24, 2.45) is 10.7 Å². The van der Waals surface area contributed by atoms with Crippen LogP contribution in [-0.2, 0) is 0 Å². The van der Waals surface area contributed by atoms with Gasteiger partial charge in [-0.2, -0.15) is 0 Å². The lowest BCUT2D eigenvalue weighted by Crippen LogP contribution is -2.43. The van der Waals surface area contributed by atoms with Crippen LogP contribution in [-0.4, -0.2) is 28.6 Å². The Hall–Kier alpha value is -1.04. The van der Waals surface area contributed by atoms with Gasteiger partial charge in [0.05, 0.1) is 6.54 Å². The minimum absolute atomic E-state index is 0. The summed E-state index contributed by atoms with van der Waals surface area (Å²) in [5.41, 5.74) is 5.20. The van der Waals surface area contributed by atoms with Gasteiger partial charge in [-0.15, -0.1) is 12.4 Å². The summed E-state index contributed by atoms with van der Waals surface area (Å²) in [5.74, 6) is -0.00231. The number of nitrogens with two attached hydrogens (primary N) is 1. The summed E-state index contributed by atoms with van der Waals surface area (Å²) in [6.45, 7) is 2.11. The topological polar surface area (TPSA) is 84.8 Å². The SMILES string of the molecule is CC1CN=C(N)N1[N+](=O)[O-].Cl. The number of rotatable bonds is 1. The second kappa shape index (κ2) is 3.38. The maximum atomic E-state index is 10.2. The molecule has 0 aromatic rings. The molecule has 0 aliphatic carbocycles. The number of hydrogen-bond donors (Lipinski definition) is 1. The van der Waals surface area contributed by atoms with Crippen molar-refractivity contribution >= 4 is 18.4 Å².